The molecule has 2 rings (SSSR count). The zero-order valence-corrected chi connectivity index (χ0v) is 10.0. The van der Waals surface area contributed by atoms with Crippen LogP contribution in [-0.2, 0) is 0 Å². The van der Waals surface area contributed by atoms with Crippen molar-refractivity contribution in [3.8, 4) is 0 Å². The van der Waals surface area contributed by atoms with Crippen molar-refractivity contribution in [3.05, 3.63) is 35.7 Å². The summed E-state index contributed by atoms with van der Waals surface area (Å²) in [5.41, 5.74) is 5.59. The molecule has 7 nitrogen and oxygen atoms in total. The van der Waals surface area contributed by atoms with Gasteiger partial charge in [0.25, 0.3) is 5.91 Å². The first-order chi connectivity index (χ1) is 8.56. The van der Waals surface area contributed by atoms with Gasteiger partial charge >= 0.3 is 0 Å². The van der Waals surface area contributed by atoms with Gasteiger partial charge < -0.3 is 15.5 Å². The summed E-state index contributed by atoms with van der Waals surface area (Å²) < 4.78 is 5.32. The first kappa shape index (κ1) is 12.0. The lowest BCUT2D eigenvalue weighted by atomic mass is 10.3. The summed E-state index contributed by atoms with van der Waals surface area (Å²) >= 11 is 0. The molecule has 1 unspecified atom stereocenters. The number of hydrogen-bond acceptors (Lipinski definition) is 6. The summed E-state index contributed by atoms with van der Waals surface area (Å²) in [6.45, 7) is 3.56. The molecule has 2 aromatic heterocycles. The molecule has 0 fully saturated rings. The number of anilines is 1. The minimum Gasteiger partial charge on any atom is -0.444 e. The fourth-order valence-corrected chi connectivity index (χ4v) is 1.37. The Morgan fingerprint density at radius 2 is 2.22 bits per heavy atom. The standard InChI is InChI=1S/C11H13N5O2/c1-6-5-13-11(18-6)7(2)14-10(17)8-3-4-9(12)16-15-8/h3-5,7H,1-2H3,(H2,12,16)(H,14,17). The molecule has 7 heteroatoms. The van der Waals surface area contributed by atoms with Crippen LogP contribution in [0.4, 0.5) is 5.82 Å². The first-order valence-electron chi connectivity index (χ1n) is 5.38. The van der Waals surface area contributed by atoms with E-state index >= 15 is 0 Å². The van der Waals surface area contributed by atoms with Crippen LogP contribution in [0.3, 0.4) is 0 Å². The molecule has 0 aliphatic carbocycles. The lowest BCUT2D eigenvalue weighted by Crippen LogP contribution is -2.27. The zero-order chi connectivity index (χ0) is 13.1. The lowest BCUT2D eigenvalue weighted by Gasteiger charge is -2.09. The van der Waals surface area contributed by atoms with Crippen molar-refractivity contribution in [2.45, 2.75) is 19.9 Å². The van der Waals surface area contributed by atoms with E-state index < -0.39 is 0 Å². The summed E-state index contributed by atoms with van der Waals surface area (Å²) in [5, 5.41) is 10.0. The number of amides is 1. The molecule has 0 spiro atoms. The third kappa shape index (κ3) is 2.62. The molecule has 1 atom stereocenters. The van der Waals surface area contributed by atoms with Crippen molar-refractivity contribution >= 4 is 11.7 Å². The number of carbonyl (C=O) groups excluding carboxylic acids is 1. The molecular formula is C11H13N5O2. The van der Waals surface area contributed by atoms with Gasteiger partial charge in [0.1, 0.15) is 17.6 Å². The molecule has 2 heterocycles. The Kier molecular flexibility index (Phi) is 3.22. The lowest BCUT2D eigenvalue weighted by molar-refractivity contribution is 0.0928. The van der Waals surface area contributed by atoms with E-state index in [1.165, 1.54) is 12.1 Å². The van der Waals surface area contributed by atoms with Crippen LogP contribution in [0.25, 0.3) is 0 Å². The predicted octanol–water partition coefficient (Wildman–Crippen LogP) is 0.846. The van der Waals surface area contributed by atoms with Gasteiger partial charge in [-0.15, -0.1) is 10.2 Å². The molecule has 18 heavy (non-hydrogen) atoms. The maximum Gasteiger partial charge on any atom is 0.272 e. The average Bonchev–Trinajstić information content (AvgIpc) is 2.76. The van der Waals surface area contributed by atoms with Crippen molar-refractivity contribution in [1.29, 1.82) is 0 Å². The Morgan fingerprint density at radius 1 is 1.44 bits per heavy atom. The van der Waals surface area contributed by atoms with Crippen molar-refractivity contribution in [2.24, 2.45) is 0 Å². The van der Waals surface area contributed by atoms with E-state index in [0.717, 1.165) is 0 Å². The van der Waals surface area contributed by atoms with Crippen LogP contribution in [0.1, 0.15) is 35.1 Å². The van der Waals surface area contributed by atoms with E-state index in [2.05, 4.69) is 20.5 Å². The molecule has 0 saturated heterocycles. The third-order valence-electron chi connectivity index (χ3n) is 2.27. The number of aryl methyl sites for hydroxylation is 1. The molecule has 3 N–H and O–H groups in total. The number of rotatable bonds is 3. The summed E-state index contributed by atoms with van der Waals surface area (Å²) in [7, 11) is 0. The average molecular weight is 247 g/mol. The van der Waals surface area contributed by atoms with Gasteiger partial charge in [0.2, 0.25) is 5.89 Å². The Hall–Kier alpha value is -2.44. The van der Waals surface area contributed by atoms with Gasteiger partial charge in [0, 0.05) is 0 Å². The molecule has 1 amide bonds. The SMILES string of the molecule is Cc1cnc(C(C)NC(=O)c2ccc(N)nn2)o1. The molecule has 0 aromatic carbocycles. The van der Waals surface area contributed by atoms with Crippen LogP contribution >= 0.6 is 0 Å². The fourth-order valence-electron chi connectivity index (χ4n) is 1.37. The number of nitrogens with zero attached hydrogens (tertiary/aromatic N) is 3. The molecule has 0 radical (unpaired) electrons. The van der Waals surface area contributed by atoms with Gasteiger partial charge in [-0.2, -0.15) is 0 Å². The zero-order valence-electron chi connectivity index (χ0n) is 10.0. The molecule has 94 valence electrons. The molecule has 0 bridgehead atoms. The largest absolute Gasteiger partial charge is 0.444 e. The molecule has 0 aliphatic heterocycles. The van der Waals surface area contributed by atoms with E-state index in [1.807, 2.05) is 0 Å². The highest BCUT2D eigenvalue weighted by Crippen LogP contribution is 2.12. The molecule has 0 saturated carbocycles. The number of nitrogen functional groups attached to an aromatic ring is 1. The second-order valence-corrected chi connectivity index (χ2v) is 3.85. The summed E-state index contributed by atoms with van der Waals surface area (Å²) in [5.74, 6) is 1.05. The van der Waals surface area contributed by atoms with E-state index in [9.17, 15) is 4.79 Å². The van der Waals surface area contributed by atoms with Crippen LogP contribution < -0.4 is 11.1 Å². The second-order valence-electron chi connectivity index (χ2n) is 3.85. The highest BCUT2D eigenvalue weighted by atomic mass is 16.4. The highest BCUT2D eigenvalue weighted by Gasteiger charge is 2.16. The van der Waals surface area contributed by atoms with Crippen molar-refractivity contribution in [3.63, 3.8) is 0 Å². The van der Waals surface area contributed by atoms with Crippen LogP contribution in [0.2, 0.25) is 0 Å². The summed E-state index contributed by atoms with van der Waals surface area (Å²) in [6.07, 6.45) is 1.60. The van der Waals surface area contributed by atoms with Gasteiger partial charge in [-0.3, -0.25) is 4.79 Å². The summed E-state index contributed by atoms with van der Waals surface area (Å²) in [6, 6.07) is 2.68. The normalized spacial score (nSPS) is 12.1. The Balaban J connectivity index is 2.05. The van der Waals surface area contributed by atoms with E-state index in [1.54, 1.807) is 20.0 Å². The Bertz CT molecular complexity index is 549. The van der Waals surface area contributed by atoms with Crippen LogP contribution in [0.5, 0.6) is 0 Å². The third-order valence-corrected chi connectivity index (χ3v) is 2.27. The van der Waals surface area contributed by atoms with Gasteiger partial charge in [0.15, 0.2) is 5.69 Å². The van der Waals surface area contributed by atoms with Crippen LogP contribution in [0, 0.1) is 6.92 Å². The summed E-state index contributed by atoms with van der Waals surface area (Å²) in [4.78, 5) is 15.9. The number of oxazole rings is 1. The molecular weight excluding hydrogens is 234 g/mol. The van der Waals surface area contributed by atoms with E-state index in [-0.39, 0.29) is 23.5 Å². The first-order valence-corrected chi connectivity index (χ1v) is 5.38. The quantitative estimate of drug-likeness (QED) is 0.832. The van der Waals surface area contributed by atoms with Crippen molar-refractivity contribution in [1.82, 2.24) is 20.5 Å². The maximum atomic E-state index is 11.8. The smallest absolute Gasteiger partial charge is 0.272 e. The van der Waals surface area contributed by atoms with E-state index in [4.69, 9.17) is 10.2 Å². The minimum atomic E-state index is -0.356. The monoisotopic (exact) mass is 247 g/mol. The van der Waals surface area contributed by atoms with Gasteiger partial charge in [0.05, 0.1) is 6.20 Å². The number of nitrogens with one attached hydrogen (secondary N) is 1. The van der Waals surface area contributed by atoms with E-state index in [0.29, 0.717) is 11.7 Å². The van der Waals surface area contributed by atoms with Gasteiger partial charge in [-0.25, -0.2) is 4.98 Å². The Morgan fingerprint density at radius 3 is 2.78 bits per heavy atom. The highest BCUT2D eigenvalue weighted by molar-refractivity contribution is 5.92. The van der Waals surface area contributed by atoms with Crippen molar-refractivity contribution in [2.75, 3.05) is 5.73 Å². The molecule has 2 aromatic rings. The van der Waals surface area contributed by atoms with Crippen molar-refractivity contribution < 1.29 is 9.21 Å². The molecule has 0 aliphatic rings. The number of nitrogens with two attached hydrogens (primary N) is 1. The van der Waals surface area contributed by atoms with Crippen LogP contribution in [-0.4, -0.2) is 21.1 Å². The van der Waals surface area contributed by atoms with Crippen LogP contribution in [0.15, 0.2) is 22.7 Å². The second kappa shape index (κ2) is 4.82. The maximum absolute atomic E-state index is 11.8. The topological polar surface area (TPSA) is 107 Å². The predicted molar refractivity (Wildman–Crippen MR) is 63.6 cm³/mol. The van der Waals surface area contributed by atoms with Gasteiger partial charge in [-0.05, 0) is 26.0 Å². The number of aromatic nitrogens is 3. The fraction of sp³-hybridized carbons (Fsp3) is 0.273. The minimum absolute atomic E-state index is 0.194. The number of hydrogen-bond donors (Lipinski definition) is 2. The van der Waals surface area contributed by atoms with Gasteiger partial charge in [-0.1, -0.05) is 0 Å². The number of carbonyl (C=O) groups is 1. The Labute approximate surface area is 103 Å².